The predicted molar refractivity (Wildman–Crippen MR) is 73.4 cm³/mol. The maximum absolute atomic E-state index is 6.36. The van der Waals surface area contributed by atoms with Crippen molar-refractivity contribution in [1.82, 2.24) is 4.98 Å². The van der Waals surface area contributed by atoms with Crippen LogP contribution in [0.4, 0.5) is 0 Å². The van der Waals surface area contributed by atoms with E-state index in [4.69, 9.17) is 5.73 Å². The molecule has 0 radical (unpaired) electrons. The van der Waals surface area contributed by atoms with Gasteiger partial charge in [-0.2, -0.15) is 11.3 Å². The summed E-state index contributed by atoms with van der Waals surface area (Å²) in [5.41, 5.74) is 11.1. The smallest absolute Gasteiger partial charge is 0.0583 e. The van der Waals surface area contributed by atoms with E-state index in [1.54, 1.807) is 11.3 Å². The van der Waals surface area contributed by atoms with Crippen molar-refractivity contribution in [2.45, 2.75) is 13.0 Å². The van der Waals surface area contributed by atoms with Gasteiger partial charge in [0.15, 0.2) is 0 Å². The molecule has 2 nitrogen and oxygen atoms in total. The zero-order valence-electron chi connectivity index (χ0n) is 9.60. The Morgan fingerprint density at radius 1 is 1.24 bits per heavy atom. The number of nitrogens with one attached hydrogen (secondary N) is 1. The summed E-state index contributed by atoms with van der Waals surface area (Å²) in [6, 6.07) is 10.4. The van der Waals surface area contributed by atoms with Crippen molar-refractivity contribution >= 4 is 22.2 Å². The van der Waals surface area contributed by atoms with Gasteiger partial charge in [-0.3, -0.25) is 0 Å². The number of rotatable bonds is 2. The highest BCUT2D eigenvalue weighted by Crippen LogP contribution is 2.30. The van der Waals surface area contributed by atoms with Crippen LogP contribution in [0.15, 0.2) is 41.1 Å². The molecule has 0 saturated carbocycles. The highest BCUT2D eigenvalue weighted by molar-refractivity contribution is 7.08. The highest BCUT2D eigenvalue weighted by atomic mass is 32.1. The van der Waals surface area contributed by atoms with E-state index in [0.717, 1.165) is 11.2 Å². The van der Waals surface area contributed by atoms with Gasteiger partial charge < -0.3 is 10.7 Å². The second-order valence-corrected chi connectivity index (χ2v) is 5.02. The molecule has 0 amide bonds. The van der Waals surface area contributed by atoms with Gasteiger partial charge in [0, 0.05) is 22.2 Å². The number of para-hydroxylation sites is 1. The number of fused-ring (bicyclic) bond motifs is 1. The van der Waals surface area contributed by atoms with Crippen LogP contribution < -0.4 is 5.73 Å². The van der Waals surface area contributed by atoms with Gasteiger partial charge in [0.2, 0.25) is 0 Å². The van der Waals surface area contributed by atoms with E-state index in [0.29, 0.717) is 0 Å². The Hall–Kier alpha value is -1.58. The van der Waals surface area contributed by atoms with E-state index < -0.39 is 0 Å². The molecule has 1 aromatic carbocycles. The highest BCUT2D eigenvalue weighted by Gasteiger charge is 2.16. The molecule has 2 heterocycles. The minimum absolute atomic E-state index is 0.0441. The standard InChI is InChI=1S/C14H14N2S/c1-9-13(14(15)10-6-7-17-8-10)11-4-2-3-5-12(11)16-9/h2-8,14,16H,15H2,1H3/t14-/m0/s1. The molecule has 0 aliphatic heterocycles. The molecule has 86 valence electrons. The third-order valence-corrected chi connectivity index (χ3v) is 3.86. The number of thiophene rings is 1. The summed E-state index contributed by atoms with van der Waals surface area (Å²) in [4.78, 5) is 3.39. The SMILES string of the molecule is Cc1[nH]c2ccccc2c1[C@@H](N)c1ccsc1. The molecule has 0 aliphatic carbocycles. The molecule has 3 rings (SSSR count). The van der Waals surface area contributed by atoms with Crippen molar-refractivity contribution < 1.29 is 0 Å². The average molecular weight is 242 g/mol. The van der Waals surface area contributed by atoms with Crippen LogP contribution in [0.5, 0.6) is 0 Å². The van der Waals surface area contributed by atoms with E-state index in [1.807, 2.05) is 6.07 Å². The van der Waals surface area contributed by atoms with Crippen LogP contribution in [0.1, 0.15) is 22.9 Å². The zero-order chi connectivity index (χ0) is 11.8. The lowest BCUT2D eigenvalue weighted by molar-refractivity contribution is 0.873. The fraction of sp³-hybridized carbons (Fsp3) is 0.143. The van der Waals surface area contributed by atoms with Crippen LogP contribution in [0.2, 0.25) is 0 Å². The quantitative estimate of drug-likeness (QED) is 0.708. The normalized spacial score (nSPS) is 13.1. The van der Waals surface area contributed by atoms with Gasteiger partial charge in [0.25, 0.3) is 0 Å². The van der Waals surface area contributed by atoms with E-state index in [9.17, 15) is 0 Å². The molecule has 3 heteroatoms. The molecule has 0 unspecified atom stereocenters. The molecular weight excluding hydrogens is 228 g/mol. The molecule has 2 aromatic heterocycles. The van der Waals surface area contributed by atoms with Gasteiger partial charge in [-0.25, -0.2) is 0 Å². The van der Waals surface area contributed by atoms with E-state index >= 15 is 0 Å². The summed E-state index contributed by atoms with van der Waals surface area (Å²) in [7, 11) is 0. The third-order valence-electron chi connectivity index (χ3n) is 3.16. The first-order valence-corrected chi connectivity index (χ1v) is 6.56. The molecule has 17 heavy (non-hydrogen) atoms. The van der Waals surface area contributed by atoms with E-state index in [1.165, 1.54) is 16.5 Å². The largest absolute Gasteiger partial charge is 0.358 e. The van der Waals surface area contributed by atoms with Gasteiger partial charge in [0.05, 0.1) is 6.04 Å². The van der Waals surface area contributed by atoms with Gasteiger partial charge >= 0.3 is 0 Å². The number of H-pyrrole nitrogens is 1. The van der Waals surface area contributed by atoms with Crippen molar-refractivity contribution in [3.8, 4) is 0 Å². The molecule has 1 atom stereocenters. The summed E-state index contributed by atoms with van der Waals surface area (Å²) < 4.78 is 0. The Bertz CT molecular complexity index is 637. The van der Waals surface area contributed by atoms with Crippen LogP contribution in [-0.4, -0.2) is 4.98 Å². The molecule has 0 saturated heterocycles. The average Bonchev–Trinajstić information content (AvgIpc) is 2.94. The second-order valence-electron chi connectivity index (χ2n) is 4.24. The maximum Gasteiger partial charge on any atom is 0.0583 e. The molecule has 0 spiro atoms. The first kappa shape index (κ1) is 10.6. The van der Waals surface area contributed by atoms with Crippen LogP contribution in [-0.2, 0) is 0 Å². The third kappa shape index (κ3) is 1.68. The van der Waals surface area contributed by atoms with Gasteiger partial charge in [-0.15, -0.1) is 0 Å². The molecule has 0 fully saturated rings. The number of aryl methyl sites for hydroxylation is 1. The van der Waals surface area contributed by atoms with Gasteiger partial charge in [-0.05, 0) is 35.4 Å². The summed E-state index contributed by atoms with van der Waals surface area (Å²) in [5.74, 6) is 0. The second kappa shape index (κ2) is 4.02. The number of hydrogen-bond donors (Lipinski definition) is 2. The van der Waals surface area contributed by atoms with Gasteiger partial charge in [-0.1, -0.05) is 18.2 Å². The first-order chi connectivity index (χ1) is 8.27. The van der Waals surface area contributed by atoms with Crippen molar-refractivity contribution in [2.75, 3.05) is 0 Å². The van der Waals surface area contributed by atoms with E-state index in [-0.39, 0.29) is 6.04 Å². The summed E-state index contributed by atoms with van der Waals surface area (Å²) >= 11 is 1.69. The monoisotopic (exact) mass is 242 g/mol. The fourth-order valence-electron chi connectivity index (χ4n) is 2.32. The minimum atomic E-state index is -0.0441. The Labute approximate surface area is 104 Å². The molecule has 3 N–H and O–H groups in total. The molecule has 0 aliphatic rings. The van der Waals surface area contributed by atoms with Crippen LogP contribution >= 0.6 is 11.3 Å². The lowest BCUT2D eigenvalue weighted by Gasteiger charge is -2.10. The van der Waals surface area contributed by atoms with Crippen LogP contribution in [0.25, 0.3) is 10.9 Å². The van der Waals surface area contributed by atoms with Gasteiger partial charge in [0.1, 0.15) is 0 Å². The van der Waals surface area contributed by atoms with Crippen molar-refractivity contribution in [1.29, 1.82) is 0 Å². The first-order valence-electron chi connectivity index (χ1n) is 5.62. The lowest BCUT2D eigenvalue weighted by Crippen LogP contribution is -2.11. The topological polar surface area (TPSA) is 41.8 Å². The summed E-state index contributed by atoms with van der Waals surface area (Å²) in [6.45, 7) is 2.08. The molecular formula is C14H14N2S. The number of hydrogen-bond acceptors (Lipinski definition) is 2. The van der Waals surface area contributed by atoms with E-state index in [2.05, 4.69) is 46.9 Å². The molecule has 3 aromatic rings. The number of aromatic amines is 1. The zero-order valence-corrected chi connectivity index (χ0v) is 10.4. The minimum Gasteiger partial charge on any atom is -0.358 e. The number of aromatic nitrogens is 1. The summed E-state index contributed by atoms with van der Waals surface area (Å²) in [6.07, 6.45) is 0. The Morgan fingerprint density at radius 2 is 2.06 bits per heavy atom. The van der Waals surface area contributed by atoms with Crippen molar-refractivity contribution in [3.05, 3.63) is 57.9 Å². The summed E-state index contributed by atoms with van der Waals surface area (Å²) in [5, 5.41) is 5.41. The maximum atomic E-state index is 6.36. The van der Waals surface area contributed by atoms with Crippen molar-refractivity contribution in [3.63, 3.8) is 0 Å². The van der Waals surface area contributed by atoms with Crippen LogP contribution in [0.3, 0.4) is 0 Å². The fourth-order valence-corrected chi connectivity index (χ4v) is 3.01. The Balaban J connectivity index is 2.20. The number of nitrogens with two attached hydrogens (primary N) is 1. The van der Waals surface area contributed by atoms with Crippen LogP contribution in [0, 0.1) is 6.92 Å². The lowest BCUT2D eigenvalue weighted by atomic mass is 9.99. The molecule has 0 bridgehead atoms. The number of benzene rings is 1. The Kier molecular flexibility index (Phi) is 2.50. The van der Waals surface area contributed by atoms with Crippen molar-refractivity contribution in [2.24, 2.45) is 5.73 Å². The predicted octanol–water partition coefficient (Wildman–Crippen LogP) is 3.59. The Morgan fingerprint density at radius 3 is 2.82 bits per heavy atom.